The van der Waals surface area contributed by atoms with Gasteiger partial charge in [-0.15, -0.1) is 0 Å². The van der Waals surface area contributed by atoms with Gasteiger partial charge in [-0.05, 0) is 26.1 Å². The number of aromatic nitrogens is 3. The maximum atomic E-state index is 13.3. The van der Waals surface area contributed by atoms with Crippen molar-refractivity contribution in [1.29, 1.82) is 0 Å². The largest absolute Gasteiger partial charge is 0.369 e. The molecule has 1 rings (SSSR count). The molecule has 0 amide bonds. The molecular weight excluding hydrogens is 179 g/mol. The van der Waals surface area contributed by atoms with Crippen LogP contribution in [0.15, 0.2) is 0 Å². The van der Waals surface area contributed by atoms with Gasteiger partial charge in [0.25, 0.3) is 0 Å². The number of halogens is 1. The van der Waals surface area contributed by atoms with Gasteiger partial charge in [0, 0.05) is 0 Å². The molecule has 0 spiro atoms. The van der Waals surface area contributed by atoms with Crippen LogP contribution in [0.4, 0.5) is 10.3 Å². The summed E-state index contributed by atoms with van der Waals surface area (Å²) in [5, 5.41) is 0. The van der Waals surface area contributed by atoms with Crippen LogP contribution in [-0.2, 0) is 5.67 Å². The maximum absolute atomic E-state index is 13.3. The van der Waals surface area contributed by atoms with Crippen molar-refractivity contribution in [3.63, 3.8) is 0 Å². The molecule has 66 valence electrons. The summed E-state index contributed by atoms with van der Waals surface area (Å²) in [7, 11) is 0. The maximum Gasteiger partial charge on any atom is 0.224 e. The standard InChI is InChI=1S/C6H9FN4S/c1-6(2,7)3-9-4(8)11-5(12)10-3/h1-2H3,(H3,8,9,10,11,12). The van der Waals surface area contributed by atoms with Crippen molar-refractivity contribution in [3.05, 3.63) is 10.6 Å². The van der Waals surface area contributed by atoms with Crippen LogP contribution in [0.3, 0.4) is 0 Å². The van der Waals surface area contributed by atoms with Crippen LogP contribution in [0.2, 0.25) is 0 Å². The third kappa shape index (κ3) is 1.97. The fourth-order valence-electron chi connectivity index (χ4n) is 0.682. The highest BCUT2D eigenvalue weighted by Gasteiger charge is 2.21. The third-order valence-electron chi connectivity index (χ3n) is 1.23. The van der Waals surface area contributed by atoms with E-state index in [2.05, 4.69) is 27.2 Å². The Morgan fingerprint density at radius 3 is 2.50 bits per heavy atom. The molecule has 0 aromatic carbocycles. The quantitative estimate of drug-likeness (QED) is 0.652. The van der Waals surface area contributed by atoms with Gasteiger partial charge in [-0.25, -0.2) is 9.37 Å². The number of hydrogen-bond acceptors (Lipinski definition) is 4. The number of nitrogens with one attached hydrogen (secondary N) is 1. The van der Waals surface area contributed by atoms with E-state index in [1.807, 2.05) is 0 Å². The minimum absolute atomic E-state index is 0.0481. The van der Waals surface area contributed by atoms with Gasteiger partial charge in [0.15, 0.2) is 5.67 Å². The minimum atomic E-state index is -1.58. The molecule has 12 heavy (non-hydrogen) atoms. The molecule has 0 saturated heterocycles. The summed E-state index contributed by atoms with van der Waals surface area (Å²) in [4.78, 5) is 9.81. The predicted octanol–water partition coefficient (Wildman–Crippen LogP) is 1.32. The molecule has 0 radical (unpaired) electrons. The highest BCUT2D eigenvalue weighted by molar-refractivity contribution is 7.71. The highest BCUT2D eigenvalue weighted by Crippen LogP contribution is 2.20. The summed E-state index contributed by atoms with van der Waals surface area (Å²) < 4.78 is 13.3. The molecule has 0 unspecified atom stereocenters. The van der Waals surface area contributed by atoms with E-state index in [0.29, 0.717) is 0 Å². The molecular formula is C6H9FN4S. The summed E-state index contributed by atoms with van der Waals surface area (Å²) in [6.07, 6.45) is 0. The monoisotopic (exact) mass is 188 g/mol. The Morgan fingerprint density at radius 1 is 1.50 bits per heavy atom. The number of nitrogens with two attached hydrogens (primary N) is 1. The molecule has 0 aliphatic carbocycles. The summed E-state index contributed by atoms with van der Waals surface area (Å²) in [6, 6.07) is 0. The summed E-state index contributed by atoms with van der Waals surface area (Å²) in [5.74, 6) is 0.177. The van der Waals surface area contributed by atoms with Crippen LogP contribution >= 0.6 is 12.2 Å². The lowest BCUT2D eigenvalue weighted by Crippen LogP contribution is -2.16. The van der Waals surface area contributed by atoms with Gasteiger partial charge in [0.05, 0.1) is 0 Å². The summed E-state index contributed by atoms with van der Waals surface area (Å²) in [5.41, 5.74) is 3.74. The zero-order valence-corrected chi connectivity index (χ0v) is 7.57. The average Bonchev–Trinajstić information content (AvgIpc) is 1.82. The molecule has 6 heteroatoms. The number of hydrogen-bond donors (Lipinski definition) is 2. The third-order valence-corrected chi connectivity index (χ3v) is 1.42. The average molecular weight is 188 g/mol. The summed E-state index contributed by atoms with van der Waals surface area (Å²) >= 11 is 4.67. The van der Waals surface area contributed by atoms with Gasteiger partial charge in [0.1, 0.15) is 5.82 Å². The van der Waals surface area contributed by atoms with Crippen LogP contribution in [0.5, 0.6) is 0 Å². The molecule has 0 aliphatic heterocycles. The number of rotatable bonds is 1. The van der Waals surface area contributed by atoms with Crippen molar-refractivity contribution in [2.45, 2.75) is 19.5 Å². The second-order valence-electron chi connectivity index (χ2n) is 2.84. The molecule has 0 fully saturated rings. The normalized spacial score (nSPS) is 11.6. The second kappa shape index (κ2) is 2.78. The first-order valence-electron chi connectivity index (χ1n) is 3.33. The van der Waals surface area contributed by atoms with Gasteiger partial charge < -0.3 is 10.7 Å². The van der Waals surface area contributed by atoms with Crippen LogP contribution in [0.25, 0.3) is 0 Å². The number of H-pyrrole nitrogens is 1. The number of nitrogen functional groups attached to an aromatic ring is 1. The minimum Gasteiger partial charge on any atom is -0.369 e. The van der Waals surface area contributed by atoms with E-state index in [-0.39, 0.29) is 16.5 Å². The van der Waals surface area contributed by atoms with Crippen molar-refractivity contribution in [1.82, 2.24) is 15.0 Å². The number of nitrogens with zero attached hydrogens (tertiary/aromatic N) is 2. The lowest BCUT2D eigenvalue weighted by atomic mass is 10.1. The van der Waals surface area contributed by atoms with Crippen LogP contribution in [0, 0.1) is 4.77 Å². The Bertz CT molecular complexity index is 340. The van der Waals surface area contributed by atoms with E-state index in [4.69, 9.17) is 5.73 Å². The SMILES string of the molecule is CC(C)(F)c1nc(=S)nc(N)[nH]1. The molecule has 1 heterocycles. The van der Waals surface area contributed by atoms with E-state index in [9.17, 15) is 4.39 Å². The van der Waals surface area contributed by atoms with Crippen molar-refractivity contribution >= 4 is 18.2 Å². The van der Waals surface area contributed by atoms with E-state index >= 15 is 0 Å². The van der Waals surface area contributed by atoms with Gasteiger partial charge in [-0.3, -0.25) is 0 Å². The molecule has 1 aromatic heterocycles. The Labute approximate surface area is 74.0 Å². The fourth-order valence-corrected chi connectivity index (χ4v) is 0.872. The van der Waals surface area contributed by atoms with Crippen molar-refractivity contribution in [3.8, 4) is 0 Å². The molecule has 0 atom stereocenters. The lowest BCUT2D eigenvalue weighted by molar-refractivity contribution is 0.206. The van der Waals surface area contributed by atoms with Gasteiger partial charge in [-0.1, -0.05) is 0 Å². The van der Waals surface area contributed by atoms with Crippen LogP contribution in [0.1, 0.15) is 19.7 Å². The summed E-state index contributed by atoms with van der Waals surface area (Å²) in [6.45, 7) is 2.72. The van der Waals surface area contributed by atoms with Crippen LogP contribution < -0.4 is 5.73 Å². The van der Waals surface area contributed by atoms with E-state index in [0.717, 1.165) is 0 Å². The Hall–Kier alpha value is -1.04. The molecule has 3 N–H and O–H groups in total. The second-order valence-corrected chi connectivity index (χ2v) is 3.20. The van der Waals surface area contributed by atoms with E-state index in [1.165, 1.54) is 13.8 Å². The molecule has 1 aromatic rings. The lowest BCUT2D eigenvalue weighted by Gasteiger charge is -2.12. The first-order valence-corrected chi connectivity index (χ1v) is 3.73. The first kappa shape index (κ1) is 9.05. The Morgan fingerprint density at radius 2 is 2.08 bits per heavy atom. The topological polar surface area (TPSA) is 67.6 Å². The number of alkyl halides is 1. The van der Waals surface area contributed by atoms with Crippen molar-refractivity contribution in [2.24, 2.45) is 0 Å². The van der Waals surface area contributed by atoms with Crippen molar-refractivity contribution in [2.75, 3.05) is 5.73 Å². The van der Waals surface area contributed by atoms with Crippen molar-refractivity contribution < 1.29 is 4.39 Å². The molecule has 0 saturated carbocycles. The predicted molar refractivity (Wildman–Crippen MR) is 45.8 cm³/mol. The smallest absolute Gasteiger partial charge is 0.224 e. The molecule has 0 aliphatic rings. The van der Waals surface area contributed by atoms with Gasteiger partial charge in [0.2, 0.25) is 10.7 Å². The van der Waals surface area contributed by atoms with E-state index < -0.39 is 5.67 Å². The fraction of sp³-hybridized carbons (Fsp3) is 0.500. The highest BCUT2D eigenvalue weighted by atomic mass is 32.1. The van der Waals surface area contributed by atoms with Gasteiger partial charge >= 0.3 is 0 Å². The zero-order valence-electron chi connectivity index (χ0n) is 6.76. The Kier molecular flexibility index (Phi) is 2.10. The van der Waals surface area contributed by atoms with Crippen LogP contribution in [-0.4, -0.2) is 15.0 Å². The van der Waals surface area contributed by atoms with Gasteiger partial charge in [-0.2, -0.15) is 4.98 Å². The number of aromatic amines is 1. The van der Waals surface area contributed by atoms with E-state index in [1.54, 1.807) is 0 Å². The number of anilines is 1. The molecule has 4 nitrogen and oxygen atoms in total. The molecule has 0 bridgehead atoms. The Balaban J connectivity index is 3.27. The first-order chi connectivity index (χ1) is 5.39. The zero-order chi connectivity index (χ0) is 9.35.